The van der Waals surface area contributed by atoms with E-state index in [2.05, 4.69) is 22.2 Å². The second kappa shape index (κ2) is 6.45. The zero-order chi connectivity index (χ0) is 12.0. The molecule has 0 spiro atoms. The van der Waals surface area contributed by atoms with Crippen molar-refractivity contribution >= 4 is 5.82 Å². The average molecular weight is 223 g/mol. The maximum absolute atomic E-state index is 9.20. The lowest BCUT2D eigenvalue weighted by molar-refractivity contribution is 0.163. The number of aliphatic hydroxyl groups is 1. The summed E-state index contributed by atoms with van der Waals surface area (Å²) in [5.74, 6) is 0.890. The molecular formula is C12H21N3O. The highest BCUT2D eigenvalue weighted by Crippen LogP contribution is 2.08. The van der Waals surface area contributed by atoms with Crippen LogP contribution in [0.15, 0.2) is 18.3 Å². The minimum absolute atomic E-state index is 0.229. The molecule has 0 fully saturated rings. The number of nitrogens with zero attached hydrogens (tertiary/aromatic N) is 2. The number of pyridine rings is 1. The van der Waals surface area contributed by atoms with Crippen LogP contribution in [0.25, 0.3) is 0 Å². The summed E-state index contributed by atoms with van der Waals surface area (Å²) in [7, 11) is 3.92. The molecule has 1 heterocycles. The van der Waals surface area contributed by atoms with Gasteiger partial charge >= 0.3 is 0 Å². The Balaban J connectivity index is 2.45. The van der Waals surface area contributed by atoms with Crippen molar-refractivity contribution < 1.29 is 5.11 Å². The predicted octanol–water partition coefficient (Wildman–Crippen LogP) is 1.33. The SMILES string of the molecule is CNc1cc(CN(C)CCC(C)O)ccn1. The molecule has 2 N–H and O–H groups in total. The molecule has 16 heavy (non-hydrogen) atoms. The highest BCUT2D eigenvalue weighted by molar-refractivity contribution is 5.36. The molecule has 0 saturated heterocycles. The van der Waals surface area contributed by atoms with Crippen molar-refractivity contribution in [2.75, 3.05) is 26.0 Å². The molecule has 4 heteroatoms. The summed E-state index contributed by atoms with van der Waals surface area (Å²) in [5.41, 5.74) is 1.23. The maximum Gasteiger partial charge on any atom is 0.125 e. The number of hydrogen-bond acceptors (Lipinski definition) is 4. The standard InChI is InChI=1S/C12H21N3O/c1-10(16)5-7-15(3)9-11-4-6-14-12(8-11)13-2/h4,6,8,10,16H,5,7,9H2,1-3H3,(H,13,14). The zero-order valence-corrected chi connectivity index (χ0v) is 10.3. The summed E-state index contributed by atoms with van der Waals surface area (Å²) in [4.78, 5) is 6.37. The van der Waals surface area contributed by atoms with Gasteiger partial charge < -0.3 is 15.3 Å². The quantitative estimate of drug-likeness (QED) is 0.764. The van der Waals surface area contributed by atoms with Crippen molar-refractivity contribution in [3.63, 3.8) is 0 Å². The van der Waals surface area contributed by atoms with Gasteiger partial charge in [-0.2, -0.15) is 0 Å². The van der Waals surface area contributed by atoms with E-state index in [9.17, 15) is 5.11 Å². The molecule has 0 radical (unpaired) electrons. The van der Waals surface area contributed by atoms with Crippen LogP contribution in [-0.2, 0) is 6.54 Å². The first-order valence-corrected chi connectivity index (χ1v) is 5.61. The number of hydrogen-bond donors (Lipinski definition) is 2. The van der Waals surface area contributed by atoms with Crippen molar-refractivity contribution in [1.29, 1.82) is 0 Å². The van der Waals surface area contributed by atoms with Gasteiger partial charge in [-0.1, -0.05) is 0 Å². The van der Waals surface area contributed by atoms with E-state index in [4.69, 9.17) is 0 Å². The van der Waals surface area contributed by atoms with Crippen LogP contribution in [0.1, 0.15) is 18.9 Å². The lowest BCUT2D eigenvalue weighted by Crippen LogP contribution is -2.22. The third kappa shape index (κ3) is 4.59. The van der Waals surface area contributed by atoms with E-state index in [1.165, 1.54) is 5.56 Å². The molecule has 1 unspecified atom stereocenters. The molecule has 4 nitrogen and oxygen atoms in total. The van der Waals surface area contributed by atoms with Crippen LogP contribution in [0, 0.1) is 0 Å². The Morgan fingerprint density at radius 2 is 2.31 bits per heavy atom. The van der Waals surface area contributed by atoms with Gasteiger partial charge in [0.15, 0.2) is 0 Å². The molecule has 1 aromatic heterocycles. The molecule has 0 saturated carbocycles. The van der Waals surface area contributed by atoms with Gasteiger partial charge in [0.25, 0.3) is 0 Å². The number of rotatable bonds is 6. The predicted molar refractivity (Wildman–Crippen MR) is 66.4 cm³/mol. The highest BCUT2D eigenvalue weighted by atomic mass is 16.3. The topological polar surface area (TPSA) is 48.4 Å². The molecule has 0 aromatic carbocycles. The Labute approximate surface area is 97.3 Å². The Kier molecular flexibility index (Phi) is 5.22. The van der Waals surface area contributed by atoms with Gasteiger partial charge in [0.05, 0.1) is 6.10 Å². The molecule has 0 aliphatic heterocycles. The summed E-state index contributed by atoms with van der Waals surface area (Å²) in [6, 6.07) is 4.05. The largest absolute Gasteiger partial charge is 0.393 e. The summed E-state index contributed by atoms with van der Waals surface area (Å²) >= 11 is 0. The molecule has 90 valence electrons. The number of aliphatic hydroxyl groups excluding tert-OH is 1. The number of nitrogens with one attached hydrogen (secondary N) is 1. The van der Waals surface area contributed by atoms with E-state index in [0.29, 0.717) is 0 Å². The first-order valence-electron chi connectivity index (χ1n) is 5.61. The fourth-order valence-corrected chi connectivity index (χ4v) is 1.51. The maximum atomic E-state index is 9.20. The van der Waals surface area contributed by atoms with Crippen molar-refractivity contribution in [1.82, 2.24) is 9.88 Å². The molecule has 1 rings (SSSR count). The van der Waals surface area contributed by atoms with E-state index in [-0.39, 0.29) is 6.10 Å². The summed E-state index contributed by atoms with van der Waals surface area (Å²) in [6.07, 6.45) is 2.39. The van der Waals surface area contributed by atoms with E-state index >= 15 is 0 Å². The normalized spacial score (nSPS) is 12.8. The Morgan fingerprint density at radius 1 is 1.56 bits per heavy atom. The molecule has 0 bridgehead atoms. The van der Waals surface area contributed by atoms with E-state index < -0.39 is 0 Å². The Hall–Kier alpha value is -1.13. The fourth-order valence-electron chi connectivity index (χ4n) is 1.51. The van der Waals surface area contributed by atoms with Crippen LogP contribution in [0.5, 0.6) is 0 Å². The second-order valence-corrected chi connectivity index (χ2v) is 4.17. The van der Waals surface area contributed by atoms with Gasteiger partial charge in [0, 0.05) is 26.3 Å². The Bertz CT molecular complexity index is 315. The molecular weight excluding hydrogens is 202 g/mol. The van der Waals surface area contributed by atoms with Gasteiger partial charge in [0.2, 0.25) is 0 Å². The smallest absolute Gasteiger partial charge is 0.125 e. The van der Waals surface area contributed by atoms with Crippen LogP contribution >= 0.6 is 0 Å². The van der Waals surface area contributed by atoms with Gasteiger partial charge in [-0.3, -0.25) is 0 Å². The van der Waals surface area contributed by atoms with Crippen LogP contribution in [-0.4, -0.2) is 41.7 Å². The third-order valence-electron chi connectivity index (χ3n) is 2.46. The summed E-state index contributed by atoms with van der Waals surface area (Å²) in [6.45, 7) is 3.60. The third-order valence-corrected chi connectivity index (χ3v) is 2.46. The van der Waals surface area contributed by atoms with E-state index in [0.717, 1.165) is 25.3 Å². The average Bonchev–Trinajstić information content (AvgIpc) is 2.26. The monoisotopic (exact) mass is 223 g/mol. The second-order valence-electron chi connectivity index (χ2n) is 4.17. The fraction of sp³-hybridized carbons (Fsp3) is 0.583. The first kappa shape index (κ1) is 12.9. The number of aromatic nitrogens is 1. The van der Waals surface area contributed by atoms with Gasteiger partial charge in [-0.15, -0.1) is 0 Å². The lowest BCUT2D eigenvalue weighted by atomic mass is 10.2. The zero-order valence-electron chi connectivity index (χ0n) is 10.3. The van der Waals surface area contributed by atoms with Crippen molar-refractivity contribution in [2.45, 2.75) is 26.0 Å². The van der Waals surface area contributed by atoms with Crippen molar-refractivity contribution in [2.24, 2.45) is 0 Å². The minimum atomic E-state index is -0.229. The summed E-state index contributed by atoms with van der Waals surface area (Å²) < 4.78 is 0. The minimum Gasteiger partial charge on any atom is -0.393 e. The molecule has 1 atom stereocenters. The van der Waals surface area contributed by atoms with Crippen LogP contribution in [0.3, 0.4) is 0 Å². The molecule has 1 aromatic rings. The van der Waals surface area contributed by atoms with Gasteiger partial charge in [-0.25, -0.2) is 4.98 Å². The molecule has 0 aliphatic carbocycles. The van der Waals surface area contributed by atoms with Crippen molar-refractivity contribution in [3.8, 4) is 0 Å². The summed E-state index contributed by atoms with van der Waals surface area (Å²) in [5, 5.41) is 12.2. The molecule has 0 aliphatic rings. The molecule has 0 amide bonds. The van der Waals surface area contributed by atoms with Crippen molar-refractivity contribution in [3.05, 3.63) is 23.9 Å². The van der Waals surface area contributed by atoms with Crippen LogP contribution < -0.4 is 5.32 Å². The van der Waals surface area contributed by atoms with Gasteiger partial charge in [0.1, 0.15) is 5.82 Å². The van der Waals surface area contributed by atoms with Crippen LogP contribution in [0.2, 0.25) is 0 Å². The van der Waals surface area contributed by atoms with Gasteiger partial charge in [-0.05, 0) is 38.1 Å². The number of anilines is 1. The first-order chi connectivity index (χ1) is 7.61. The van der Waals surface area contributed by atoms with E-state index in [1.807, 2.05) is 32.3 Å². The van der Waals surface area contributed by atoms with Crippen LogP contribution in [0.4, 0.5) is 5.82 Å². The lowest BCUT2D eigenvalue weighted by Gasteiger charge is -2.17. The Morgan fingerprint density at radius 3 is 2.94 bits per heavy atom. The highest BCUT2D eigenvalue weighted by Gasteiger charge is 2.03. The van der Waals surface area contributed by atoms with E-state index in [1.54, 1.807) is 0 Å².